The highest BCUT2D eigenvalue weighted by molar-refractivity contribution is 5.81. The van der Waals surface area contributed by atoms with Crippen molar-refractivity contribution in [1.29, 1.82) is 0 Å². The van der Waals surface area contributed by atoms with Crippen LogP contribution in [-0.4, -0.2) is 246 Å². The summed E-state index contributed by atoms with van der Waals surface area (Å²) in [6, 6.07) is 0. The molecule has 5 aliphatic carbocycles. The molecule has 14 N–H and O–H groups in total. The molecule has 458 valence electrons. The summed E-state index contributed by atoms with van der Waals surface area (Å²) >= 11 is 0. The van der Waals surface area contributed by atoms with E-state index in [-0.39, 0.29) is 31.3 Å². The molecule has 30 unspecified atom stereocenters. The van der Waals surface area contributed by atoms with Crippen molar-refractivity contribution >= 4 is 11.9 Å². The van der Waals surface area contributed by atoms with Crippen LogP contribution in [0.25, 0.3) is 0 Å². The molecule has 4 heterocycles. The number of rotatable bonds is 13. The molecule has 8 fully saturated rings. The van der Waals surface area contributed by atoms with Crippen LogP contribution in [-0.2, 0) is 52.2 Å². The number of carbonyl (C=O) groups is 2. The zero-order valence-electron chi connectivity index (χ0n) is 46.6. The molecule has 0 aromatic rings. The standard InChI is InChI=1S/C55H88O25/c1-23-32(60)36(64)39(67)44(73-23)79-43-38(66)34(62)27(20-57)76-47(43)78-42-35(63)28(21-58)75-46(41(42)69)77-31-11-12-51(3)29(52(31,4)22-59)10-13-54(6)30(51)9-8-24-25-18-50(2,48(70)72-7)14-16-55(25,17-15-53(24,54)5)49(71)80-45-40(68)37(65)33(61)26(19-56)74-45/h8,23,25-47,56-69H,9-22H2,1-7H3. The van der Waals surface area contributed by atoms with Crippen molar-refractivity contribution in [1.82, 2.24) is 0 Å². The van der Waals surface area contributed by atoms with Crippen LogP contribution in [0.4, 0.5) is 0 Å². The summed E-state index contributed by atoms with van der Waals surface area (Å²) in [5, 5.41) is 151. The van der Waals surface area contributed by atoms with Gasteiger partial charge in [0.2, 0.25) is 6.29 Å². The molecule has 80 heavy (non-hydrogen) atoms. The Morgan fingerprint density at radius 1 is 0.562 bits per heavy atom. The highest BCUT2D eigenvalue weighted by Gasteiger charge is 2.71. The van der Waals surface area contributed by atoms with Gasteiger partial charge in [0.1, 0.15) is 91.6 Å². The number of methoxy groups -OCH3 is 1. The fraction of sp³-hybridized carbons (Fsp3) is 0.927. The summed E-state index contributed by atoms with van der Waals surface area (Å²) in [4.78, 5) is 28.5. The summed E-state index contributed by atoms with van der Waals surface area (Å²) in [6.45, 7) is 9.27. The van der Waals surface area contributed by atoms with Gasteiger partial charge in [0.05, 0.1) is 56.6 Å². The van der Waals surface area contributed by atoms with Gasteiger partial charge >= 0.3 is 11.9 Å². The summed E-state index contributed by atoms with van der Waals surface area (Å²) in [5.41, 5.74) is -3.48. The number of hydrogen-bond acceptors (Lipinski definition) is 25. The maximum Gasteiger partial charge on any atom is 0.315 e. The molecule has 4 aliphatic heterocycles. The van der Waals surface area contributed by atoms with Gasteiger partial charge in [-0.3, -0.25) is 9.59 Å². The lowest BCUT2D eigenvalue weighted by molar-refractivity contribution is -0.391. The first-order valence-electron chi connectivity index (χ1n) is 28.4. The normalized spacial score (nSPS) is 54.2. The van der Waals surface area contributed by atoms with E-state index in [1.54, 1.807) is 0 Å². The third-order valence-electron chi connectivity index (χ3n) is 22.0. The summed E-state index contributed by atoms with van der Waals surface area (Å²) in [6.07, 6.45) is -27.4. The molecular weight excluding hydrogens is 1060 g/mol. The van der Waals surface area contributed by atoms with E-state index < -0.39 is 199 Å². The molecule has 30 atom stereocenters. The molecule has 0 radical (unpaired) electrons. The molecule has 4 saturated heterocycles. The summed E-state index contributed by atoms with van der Waals surface area (Å²) in [7, 11) is 1.34. The van der Waals surface area contributed by atoms with Gasteiger partial charge in [-0.1, -0.05) is 39.3 Å². The topological polar surface area (TPSA) is 400 Å². The number of aliphatic hydroxyl groups is 14. The lowest BCUT2D eigenvalue weighted by Gasteiger charge is -2.71. The van der Waals surface area contributed by atoms with Gasteiger partial charge in [-0.25, -0.2) is 0 Å². The van der Waals surface area contributed by atoms with Gasteiger partial charge < -0.3 is 114 Å². The zero-order valence-corrected chi connectivity index (χ0v) is 46.6. The number of esters is 2. The van der Waals surface area contributed by atoms with Crippen molar-refractivity contribution < 1.29 is 124 Å². The SMILES string of the molecule is COC(=O)C1(C)CCC2(C(=O)OC3OC(CO)C(O)C(O)C3O)CCC3(C)C(=CCC4C5(C)CCC(OC6OC(CO)C(O)C(OC7OC(CO)C(O)C(O)C7OC7OC(C)C(O)C(O)C7O)C6O)C(C)(CO)C5CCC43C)C2C1. The molecule has 0 aromatic carbocycles. The second kappa shape index (κ2) is 22.9. The van der Waals surface area contributed by atoms with Crippen molar-refractivity contribution in [3.05, 3.63) is 11.6 Å². The van der Waals surface area contributed by atoms with E-state index in [2.05, 4.69) is 26.8 Å². The van der Waals surface area contributed by atoms with Gasteiger partial charge in [0.25, 0.3) is 0 Å². The predicted molar refractivity (Wildman–Crippen MR) is 269 cm³/mol. The van der Waals surface area contributed by atoms with Crippen LogP contribution in [0.1, 0.15) is 106 Å². The largest absolute Gasteiger partial charge is 0.469 e. The van der Waals surface area contributed by atoms with Crippen molar-refractivity contribution in [2.45, 2.75) is 235 Å². The maximum atomic E-state index is 14.9. The van der Waals surface area contributed by atoms with Crippen LogP contribution in [0.15, 0.2) is 11.6 Å². The van der Waals surface area contributed by atoms with Crippen LogP contribution in [0.3, 0.4) is 0 Å². The molecule has 25 heteroatoms. The molecule has 0 spiro atoms. The fourth-order valence-corrected chi connectivity index (χ4v) is 16.7. The molecule has 9 rings (SSSR count). The lowest BCUT2D eigenvalue weighted by atomic mass is 9.33. The Hall–Kier alpha value is -2.16. The Labute approximate surface area is 464 Å². The van der Waals surface area contributed by atoms with Crippen molar-refractivity contribution in [3.63, 3.8) is 0 Å². The zero-order chi connectivity index (χ0) is 58.6. The van der Waals surface area contributed by atoms with Gasteiger partial charge in [-0.05, 0) is 112 Å². The van der Waals surface area contributed by atoms with Crippen LogP contribution in [0.2, 0.25) is 0 Å². The smallest absolute Gasteiger partial charge is 0.315 e. The predicted octanol–water partition coefficient (Wildman–Crippen LogP) is -2.88. The van der Waals surface area contributed by atoms with Gasteiger partial charge in [0.15, 0.2) is 18.9 Å². The maximum absolute atomic E-state index is 14.9. The van der Waals surface area contributed by atoms with E-state index in [4.69, 9.17) is 42.6 Å². The third-order valence-corrected chi connectivity index (χ3v) is 22.0. The molecular formula is C55H88O25. The molecule has 4 saturated carbocycles. The number of carbonyl (C=O) groups excluding carboxylic acids is 2. The van der Waals surface area contributed by atoms with Crippen molar-refractivity contribution in [2.75, 3.05) is 33.5 Å². The molecule has 0 bridgehead atoms. The van der Waals surface area contributed by atoms with Crippen LogP contribution in [0, 0.1) is 50.2 Å². The highest BCUT2D eigenvalue weighted by Crippen LogP contribution is 2.76. The Morgan fingerprint density at radius 3 is 1.76 bits per heavy atom. The monoisotopic (exact) mass is 1150 g/mol. The number of hydrogen-bond donors (Lipinski definition) is 14. The van der Waals surface area contributed by atoms with E-state index in [1.807, 2.05) is 13.8 Å². The Morgan fingerprint density at radius 2 is 1.12 bits per heavy atom. The Bertz CT molecular complexity index is 2240. The quantitative estimate of drug-likeness (QED) is 0.0500. The van der Waals surface area contributed by atoms with E-state index in [1.165, 1.54) is 14.0 Å². The average Bonchev–Trinajstić information content (AvgIpc) is 2.51. The number of allylic oxidation sites excluding steroid dienone is 2. The summed E-state index contributed by atoms with van der Waals surface area (Å²) in [5.74, 6) is -1.78. The first-order valence-corrected chi connectivity index (χ1v) is 28.4. The van der Waals surface area contributed by atoms with Gasteiger partial charge in [-0.15, -0.1) is 0 Å². The number of fused-ring (bicyclic) bond motifs is 7. The number of ether oxygens (including phenoxy) is 9. The molecule has 9 aliphatic rings. The van der Waals surface area contributed by atoms with E-state index in [0.717, 1.165) is 5.57 Å². The fourth-order valence-electron chi connectivity index (χ4n) is 16.7. The minimum atomic E-state index is -1.91. The Balaban J connectivity index is 0.965. The number of aliphatic hydroxyl groups excluding tert-OH is 14. The average molecular weight is 1150 g/mol. The van der Waals surface area contributed by atoms with Gasteiger partial charge in [-0.2, -0.15) is 0 Å². The van der Waals surface area contributed by atoms with Crippen molar-refractivity contribution in [3.8, 4) is 0 Å². The highest BCUT2D eigenvalue weighted by atomic mass is 16.8. The Kier molecular flexibility index (Phi) is 17.9. The van der Waals surface area contributed by atoms with Crippen LogP contribution in [0.5, 0.6) is 0 Å². The second-order valence-electron chi connectivity index (χ2n) is 26.0. The van der Waals surface area contributed by atoms with Crippen molar-refractivity contribution in [2.24, 2.45) is 50.2 Å². The molecule has 0 amide bonds. The molecule has 25 nitrogen and oxygen atoms in total. The first-order chi connectivity index (χ1) is 37.6. The van der Waals surface area contributed by atoms with Gasteiger partial charge in [0, 0.05) is 5.41 Å². The van der Waals surface area contributed by atoms with E-state index in [9.17, 15) is 81.1 Å². The van der Waals surface area contributed by atoms with E-state index in [0.29, 0.717) is 51.4 Å². The minimum absolute atomic E-state index is 0.0145. The lowest BCUT2D eigenvalue weighted by Crippen LogP contribution is -2.68. The first kappa shape index (κ1) is 62.4. The van der Waals surface area contributed by atoms with Crippen LogP contribution >= 0.6 is 0 Å². The molecule has 0 aromatic heterocycles. The minimum Gasteiger partial charge on any atom is -0.469 e. The third kappa shape index (κ3) is 9.83. The van der Waals surface area contributed by atoms with Crippen LogP contribution < -0.4 is 0 Å². The van der Waals surface area contributed by atoms with E-state index >= 15 is 0 Å². The summed E-state index contributed by atoms with van der Waals surface area (Å²) < 4.78 is 53.1. The second-order valence-corrected chi connectivity index (χ2v) is 26.0.